The van der Waals surface area contributed by atoms with E-state index in [1.807, 2.05) is 24.3 Å². The molecule has 0 amide bonds. The van der Waals surface area contributed by atoms with Crippen molar-refractivity contribution in [2.24, 2.45) is 16.6 Å². The SMILES string of the molecule is NC1C=CC=C2N=CC=CC21. The maximum atomic E-state index is 5.84. The highest BCUT2D eigenvalue weighted by Gasteiger charge is 2.19. The number of aliphatic imine (C=N–C) groups is 1. The predicted octanol–water partition coefficient (Wildman–Crippen LogP) is 1.02. The minimum atomic E-state index is 0.101. The zero-order chi connectivity index (χ0) is 7.68. The van der Waals surface area contributed by atoms with Crippen molar-refractivity contribution in [3.05, 3.63) is 36.1 Å². The second kappa shape index (κ2) is 2.47. The first kappa shape index (κ1) is 6.55. The Bertz CT molecular complexity index is 271. The summed E-state index contributed by atoms with van der Waals surface area (Å²) >= 11 is 0. The first-order valence-corrected chi connectivity index (χ1v) is 3.73. The number of nitrogens with zero attached hydrogens (tertiary/aromatic N) is 1. The molecule has 2 heteroatoms. The summed E-state index contributed by atoms with van der Waals surface area (Å²) in [5, 5.41) is 0. The second-order valence-electron chi connectivity index (χ2n) is 2.74. The summed E-state index contributed by atoms with van der Waals surface area (Å²) in [4.78, 5) is 4.22. The minimum absolute atomic E-state index is 0.101. The molecule has 0 radical (unpaired) electrons. The van der Waals surface area contributed by atoms with E-state index in [2.05, 4.69) is 11.1 Å². The van der Waals surface area contributed by atoms with Crippen LogP contribution in [0.25, 0.3) is 0 Å². The molecule has 0 fully saturated rings. The summed E-state index contributed by atoms with van der Waals surface area (Å²) in [6, 6.07) is 0.101. The first-order chi connectivity index (χ1) is 5.38. The number of fused-ring (bicyclic) bond motifs is 1. The molecule has 2 nitrogen and oxygen atoms in total. The molecule has 56 valence electrons. The molecule has 0 aromatic rings. The Morgan fingerprint density at radius 2 is 2.18 bits per heavy atom. The molecule has 0 spiro atoms. The summed E-state index contributed by atoms with van der Waals surface area (Å²) in [6.45, 7) is 0. The van der Waals surface area contributed by atoms with Crippen molar-refractivity contribution in [2.45, 2.75) is 6.04 Å². The van der Waals surface area contributed by atoms with Gasteiger partial charge in [-0.2, -0.15) is 0 Å². The topological polar surface area (TPSA) is 38.4 Å². The molecule has 2 N–H and O–H groups in total. The second-order valence-corrected chi connectivity index (χ2v) is 2.74. The third-order valence-corrected chi connectivity index (χ3v) is 1.98. The molecule has 1 aliphatic carbocycles. The lowest BCUT2D eigenvalue weighted by atomic mass is 9.91. The largest absolute Gasteiger partial charge is 0.324 e. The zero-order valence-corrected chi connectivity index (χ0v) is 6.14. The van der Waals surface area contributed by atoms with Crippen LogP contribution in [0.1, 0.15) is 0 Å². The third-order valence-electron chi connectivity index (χ3n) is 1.98. The molecule has 0 saturated carbocycles. The van der Waals surface area contributed by atoms with Gasteiger partial charge in [0.1, 0.15) is 0 Å². The Morgan fingerprint density at radius 1 is 1.27 bits per heavy atom. The van der Waals surface area contributed by atoms with Crippen LogP contribution in [0.5, 0.6) is 0 Å². The van der Waals surface area contributed by atoms with Gasteiger partial charge in [-0.05, 0) is 12.2 Å². The van der Waals surface area contributed by atoms with Crippen LogP contribution in [0.15, 0.2) is 41.1 Å². The fourth-order valence-electron chi connectivity index (χ4n) is 1.36. The van der Waals surface area contributed by atoms with Crippen LogP contribution in [0.4, 0.5) is 0 Å². The number of hydrogen-bond acceptors (Lipinski definition) is 2. The van der Waals surface area contributed by atoms with Crippen molar-refractivity contribution >= 4 is 6.21 Å². The van der Waals surface area contributed by atoms with Crippen LogP contribution < -0.4 is 5.73 Å². The average molecular weight is 146 g/mol. The molecular weight excluding hydrogens is 136 g/mol. The Balaban J connectivity index is 2.35. The van der Waals surface area contributed by atoms with Gasteiger partial charge in [0.25, 0.3) is 0 Å². The van der Waals surface area contributed by atoms with Crippen molar-refractivity contribution in [1.29, 1.82) is 0 Å². The molecule has 1 aliphatic heterocycles. The van der Waals surface area contributed by atoms with E-state index in [0.29, 0.717) is 5.92 Å². The van der Waals surface area contributed by atoms with E-state index in [-0.39, 0.29) is 6.04 Å². The van der Waals surface area contributed by atoms with E-state index in [4.69, 9.17) is 5.73 Å². The van der Waals surface area contributed by atoms with Gasteiger partial charge in [0, 0.05) is 23.9 Å². The maximum Gasteiger partial charge on any atom is 0.0491 e. The van der Waals surface area contributed by atoms with Gasteiger partial charge in [0.15, 0.2) is 0 Å². The van der Waals surface area contributed by atoms with Crippen LogP contribution in [0.2, 0.25) is 0 Å². The fraction of sp³-hybridized carbons (Fsp3) is 0.222. The van der Waals surface area contributed by atoms with Gasteiger partial charge in [-0.25, -0.2) is 0 Å². The normalized spacial score (nSPS) is 33.4. The molecule has 0 aromatic carbocycles. The molecule has 2 aliphatic rings. The molecule has 0 bridgehead atoms. The highest BCUT2D eigenvalue weighted by atomic mass is 14.8. The Kier molecular flexibility index (Phi) is 1.47. The van der Waals surface area contributed by atoms with E-state index in [1.165, 1.54) is 0 Å². The van der Waals surface area contributed by atoms with E-state index in [0.717, 1.165) is 5.70 Å². The predicted molar refractivity (Wildman–Crippen MR) is 46.3 cm³/mol. The van der Waals surface area contributed by atoms with E-state index in [9.17, 15) is 0 Å². The minimum Gasteiger partial charge on any atom is -0.324 e. The number of hydrogen-bond donors (Lipinski definition) is 1. The average Bonchev–Trinajstić information content (AvgIpc) is 2.06. The smallest absolute Gasteiger partial charge is 0.0491 e. The quantitative estimate of drug-likeness (QED) is 0.544. The van der Waals surface area contributed by atoms with Crippen LogP contribution >= 0.6 is 0 Å². The van der Waals surface area contributed by atoms with Crippen molar-refractivity contribution in [3.8, 4) is 0 Å². The van der Waals surface area contributed by atoms with Gasteiger partial charge in [-0.15, -0.1) is 0 Å². The standard InChI is InChI=1S/C9H10N2/c10-8-4-1-5-9-7(8)3-2-6-11-9/h1-8H,10H2. The number of nitrogens with two attached hydrogens (primary N) is 1. The van der Waals surface area contributed by atoms with Gasteiger partial charge in [-0.1, -0.05) is 18.2 Å². The maximum absolute atomic E-state index is 5.84. The molecular formula is C9H10N2. The lowest BCUT2D eigenvalue weighted by molar-refractivity contribution is 0.640. The molecule has 11 heavy (non-hydrogen) atoms. The van der Waals surface area contributed by atoms with Crippen molar-refractivity contribution in [3.63, 3.8) is 0 Å². The van der Waals surface area contributed by atoms with E-state index < -0.39 is 0 Å². The van der Waals surface area contributed by atoms with E-state index in [1.54, 1.807) is 6.21 Å². The zero-order valence-electron chi connectivity index (χ0n) is 6.14. The van der Waals surface area contributed by atoms with Crippen LogP contribution in [0.3, 0.4) is 0 Å². The van der Waals surface area contributed by atoms with Crippen molar-refractivity contribution < 1.29 is 0 Å². The van der Waals surface area contributed by atoms with Gasteiger partial charge in [-0.3, -0.25) is 4.99 Å². The summed E-state index contributed by atoms with van der Waals surface area (Å²) in [5.74, 6) is 0.296. The molecule has 1 heterocycles. The number of rotatable bonds is 0. The lowest BCUT2D eigenvalue weighted by Gasteiger charge is -2.22. The molecule has 2 unspecified atom stereocenters. The Labute approximate surface area is 65.8 Å². The lowest BCUT2D eigenvalue weighted by Crippen LogP contribution is -2.30. The number of dihydropyridines is 1. The van der Waals surface area contributed by atoms with Crippen molar-refractivity contribution in [2.75, 3.05) is 0 Å². The van der Waals surface area contributed by atoms with Crippen LogP contribution in [-0.4, -0.2) is 12.3 Å². The van der Waals surface area contributed by atoms with Gasteiger partial charge in [0.2, 0.25) is 0 Å². The van der Waals surface area contributed by atoms with Gasteiger partial charge >= 0.3 is 0 Å². The fourth-order valence-corrected chi connectivity index (χ4v) is 1.36. The van der Waals surface area contributed by atoms with Crippen molar-refractivity contribution in [1.82, 2.24) is 0 Å². The third kappa shape index (κ3) is 1.05. The Morgan fingerprint density at radius 3 is 3.00 bits per heavy atom. The highest BCUT2D eigenvalue weighted by Crippen LogP contribution is 2.23. The first-order valence-electron chi connectivity index (χ1n) is 3.73. The molecule has 2 rings (SSSR count). The van der Waals surface area contributed by atoms with E-state index >= 15 is 0 Å². The van der Waals surface area contributed by atoms with Crippen LogP contribution in [-0.2, 0) is 0 Å². The van der Waals surface area contributed by atoms with Gasteiger partial charge < -0.3 is 5.73 Å². The van der Waals surface area contributed by atoms with Crippen LogP contribution in [0, 0.1) is 5.92 Å². The summed E-state index contributed by atoms with van der Waals surface area (Å²) in [7, 11) is 0. The monoisotopic (exact) mass is 146 g/mol. The summed E-state index contributed by atoms with van der Waals surface area (Å²) in [5.41, 5.74) is 6.91. The number of allylic oxidation sites excluding steroid dienone is 3. The summed E-state index contributed by atoms with van der Waals surface area (Å²) < 4.78 is 0. The summed E-state index contributed by atoms with van der Waals surface area (Å²) in [6.07, 6.45) is 11.8. The molecule has 0 saturated heterocycles. The molecule has 0 aromatic heterocycles. The Hall–Kier alpha value is -1.15. The van der Waals surface area contributed by atoms with Gasteiger partial charge in [0.05, 0.1) is 0 Å². The highest BCUT2D eigenvalue weighted by molar-refractivity contribution is 5.74. The molecule has 2 atom stereocenters.